The molecule has 2 rings (SSSR count). The van der Waals surface area contributed by atoms with E-state index in [1.165, 1.54) is 11.1 Å². The van der Waals surface area contributed by atoms with Gasteiger partial charge in [0, 0.05) is 29.6 Å². The van der Waals surface area contributed by atoms with E-state index in [4.69, 9.17) is 10.7 Å². The number of hydrogen-bond donors (Lipinski definition) is 0. The van der Waals surface area contributed by atoms with Gasteiger partial charge < -0.3 is 0 Å². The third kappa shape index (κ3) is 3.06. The van der Waals surface area contributed by atoms with Crippen LogP contribution in [0.4, 0.5) is 5.13 Å². The van der Waals surface area contributed by atoms with Crippen molar-refractivity contribution in [2.45, 2.75) is 6.42 Å². The molecule has 6 nitrogen and oxygen atoms in total. The highest BCUT2D eigenvalue weighted by Gasteiger charge is 2.34. The predicted molar refractivity (Wildman–Crippen MR) is 67.6 cm³/mol. The summed E-state index contributed by atoms with van der Waals surface area (Å²) in [4.78, 5) is 28.0. The molecule has 18 heavy (non-hydrogen) atoms. The Morgan fingerprint density at radius 1 is 1.61 bits per heavy atom. The summed E-state index contributed by atoms with van der Waals surface area (Å²) >= 11 is 1.10. The summed E-state index contributed by atoms with van der Waals surface area (Å²) in [5.74, 6) is -0.765. The topological polar surface area (TPSA) is 84.4 Å². The monoisotopic (exact) mass is 308 g/mol. The second-order valence-electron chi connectivity index (χ2n) is 3.94. The van der Waals surface area contributed by atoms with E-state index in [9.17, 15) is 18.0 Å². The first-order chi connectivity index (χ1) is 8.39. The van der Waals surface area contributed by atoms with Crippen molar-refractivity contribution >= 4 is 48.4 Å². The van der Waals surface area contributed by atoms with Gasteiger partial charge in [0.2, 0.25) is 15.0 Å². The minimum absolute atomic E-state index is 0.127. The molecule has 1 unspecified atom stereocenters. The van der Waals surface area contributed by atoms with E-state index in [2.05, 4.69) is 4.98 Å². The molecule has 1 fully saturated rings. The van der Waals surface area contributed by atoms with E-state index >= 15 is 0 Å². The molecular weight excluding hydrogens is 300 g/mol. The lowest BCUT2D eigenvalue weighted by Crippen LogP contribution is -2.25. The van der Waals surface area contributed by atoms with Crippen molar-refractivity contribution in [2.75, 3.05) is 17.2 Å². The van der Waals surface area contributed by atoms with E-state index in [1.54, 1.807) is 0 Å². The minimum Gasteiger partial charge on any atom is -0.297 e. The third-order valence-electron chi connectivity index (χ3n) is 2.50. The van der Waals surface area contributed by atoms with E-state index in [-0.39, 0.29) is 30.5 Å². The van der Waals surface area contributed by atoms with Gasteiger partial charge in [0.1, 0.15) is 0 Å². The first-order valence-electron chi connectivity index (χ1n) is 5.03. The number of halogens is 1. The molecule has 0 bridgehead atoms. The Balaban J connectivity index is 2.12. The summed E-state index contributed by atoms with van der Waals surface area (Å²) in [5, 5.41) is 0.413. The zero-order valence-electron chi connectivity index (χ0n) is 9.08. The number of amides is 1. The molecular formula is C9H9ClN2O4S2. The zero-order chi connectivity index (χ0) is 13.3. The maximum Gasteiger partial charge on any atom is 0.232 e. The second kappa shape index (κ2) is 4.94. The van der Waals surface area contributed by atoms with Gasteiger partial charge in [0.25, 0.3) is 0 Å². The number of thiazole rings is 1. The summed E-state index contributed by atoms with van der Waals surface area (Å²) in [5.41, 5.74) is 0. The van der Waals surface area contributed by atoms with Gasteiger partial charge in [-0.15, -0.1) is 0 Å². The van der Waals surface area contributed by atoms with Gasteiger partial charge in [-0.25, -0.2) is 13.4 Å². The van der Waals surface area contributed by atoms with E-state index in [1.807, 2.05) is 0 Å². The Hall–Kier alpha value is -0.990. The number of rotatable bonds is 4. The maximum absolute atomic E-state index is 11.7. The number of aldehydes is 1. The van der Waals surface area contributed by atoms with Gasteiger partial charge in [-0.3, -0.25) is 14.5 Å². The molecule has 98 valence electrons. The Kier molecular flexibility index (Phi) is 3.69. The number of carbonyl (C=O) groups is 2. The first-order valence-corrected chi connectivity index (χ1v) is 8.32. The third-order valence-corrected chi connectivity index (χ3v) is 4.69. The van der Waals surface area contributed by atoms with Crippen LogP contribution in [0.2, 0.25) is 0 Å². The minimum atomic E-state index is -3.62. The standard InChI is InChI=1S/C9H9ClN2O4S2/c10-18(15,16)5-6-1-8(14)12(3-6)9-11-2-7(4-13)17-9/h2,4,6H,1,3,5H2. The van der Waals surface area contributed by atoms with Crippen LogP contribution in [-0.2, 0) is 13.8 Å². The average Bonchev–Trinajstić information content (AvgIpc) is 2.82. The summed E-state index contributed by atoms with van der Waals surface area (Å²) in [7, 11) is 1.55. The maximum atomic E-state index is 11.7. The summed E-state index contributed by atoms with van der Waals surface area (Å²) < 4.78 is 21.9. The second-order valence-corrected chi connectivity index (χ2v) is 7.81. The van der Waals surface area contributed by atoms with Crippen molar-refractivity contribution in [3.05, 3.63) is 11.1 Å². The lowest BCUT2D eigenvalue weighted by Gasteiger charge is -2.11. The lowest BCUT2D eigenvalue weighted by atomic mass is 10.1. The SMILES string of the molecule is O=Cc1cnc(N2CC(CS(=O)(=O)Cl)CC2=O)s1. The van der Waals surface area contributed by atoms with Crippen LogP contribution in [0.1, 0.15) is 16.1 Å². The van der Waals surface area contributed by atoms with Crippen LogP contribution >= 0.6 is 22.0 Å². The summed E-state index contributed by atoms with van der Waals surface area (Å²) in [6.45, 7) is 0.261. The fraction of sp³-hybridized carbons (Fsp3) is 0.444. The quantitative estimate of drug-likeness (QED) is 0.609. The number of nitrogens with zero attached hydrogens (tertiary/aromatic N) is 2. The van der Waals surface area contributed by atoms with Gasteiger partial charge >= 0.3 is 0 Å². The van der Waals surface area contributed by atoms with Gasteiger partial charge in [-0.2, -0.15) is 0 Å². The van der Waals surface area contributed by atoms with Crippen LogP contribution in [0.25, 0.3) is 0 Å². The molecule has 0 saturated carbocycles. The zero-order valence-corrected chi connectivity index (χ0v) is 11.5. The molecule has 1 amide bonds. The van der Waals surface area contributed by atoms with Crippen LogP contribution in [0.3, 0.4) is 0 Å². The highest BCUT2D eigenvalue weighted by Crippen LogP contribution is 2.29. The largest absolute Gasteiger partial charge is 0.297 e. The highest BCUT2D eigenvalue weighted by atomic mass is 35.7. The van der Waals surface area contributed by atoms with Crippen LogP contribution in [-0.4, -0.2) is 37.9 Å². The fourth-order valence-electron chi connectivity index (χ4n) is 1.82. The molecule has 1 atom stereocenters. The molecule has 1 saturated heterocycles. The number of aromatic nitrogens is 1. The van der Waals surface area contributed by atoms with Gasteiger partial charge in [0.15, 0.2) is 11.4 Å². The first kappa shape index (κ1) is 13.4. The van der Waals surface area contributed by atoms with Crippen molar-refractivity contribution in [3.8, 4) is 0 Å². The van der Waals surface area contributed by atoms with Crippen molar-refractivity contribution in [2.24, 2.45) is 5.92 Å². The van der Waals surface area contributed by atoms with Crippen LogP contribution in [0, 0.1) is 5.92 Å². The van der Waals surface area contributed by atoms with Gasteiger partial charge in [0.05, 0.1) is 16.8 Å². The average molecular weight is 309 g/mol. The smallest absolute Gasteiger partial charge is 0.232 e. The van der Waals surface area contributed by atoms with Gasteiger partial charge in [-0.05, 0) is 0 Å². The molecule has 0 spiro atoms. The Morgan fingerprint density at radius 2 is 2.33 bits per heavy atom. The van der Waals surface area contributed by atoms with E-state index < -0.39 is 9.05 Å². The molecule has 0 aliphatic carbocycles. The molecule has 1 aliphatic rings. The fourth-order valence-corrected chi connectivity index (χ4v) is 3.89. The van der Waals surface area contributed by atoms with E-state index in [0.717, 1.165) is 11.3 Å². The van der Waals surface area contributed by atoms with Crippen LogP contribution in [0.5, 0.6) is 0 Å². The molecule has 1 aromatic heterocycles. The molecule has 2 heterocycles. The molecule has 9 heteroatoms. The summed E-state index contributed by atoms with van der Waals surface area (Å²) in [6, 6.07) is 0. The molecule has 0 aromatic carbocycles. The van der Waals surface area contributed by atoms with Crippen LogP contribution < -0.4 is 4.90 Å². The van der Waals surface area contributed by atoms with Crippen molar-refractivity contribution in [1.29, 1.82) is 0 Å². The number of hydrogen-bond acceptors (Lipinski definition) is 6. The molecule has 1 aromatic rings. The normalized spacial score (nSPS) is 20.4. The van der Waals surface area contributed by atoms with Crippen molar-refractivity contribution < 1.29 is 18.0 Å². The Bertz CT molecular complexity index is 583. The van der Waals surface area contributed by atoms with Gasteiger partial charge in [-0.1, -0.05) is 11.3 Å². The highest BCUT2D eigenvalue weighted by molar-refractivity contribution is 8.13. The van der Waals surface area contributed by atoms with Crippen molar-refractivity contribution in [3.63, 3.8) is 0 Å². The van der Waals surface area contributed by atoms with Crippen molar-refractivity contribution in [1.82, 2.24) is 4.98 Å². The molecule has 0 radical (unpaired) electrons. The number of carbonyl (C=O) groups excluding carboxylic acids is 2. The van der Waals surface area contributed by atoms with E-state index in [0.29, 0.717) is 16.3 Å². The predicted octanol–water partition coefficient (Wildman–Crippen LogP) is 0.877. The van der Waals surface area contributed by atoms with Crippen LogP contribution in [0.15, 0.2) is 6.20 Å². The Morgan fingerprint density at radius 3 is 2.89 bits per heavy atom. The lowest BCUT2D eigenvalue weighted by molar-refractivity contribution is -0.117. The summed E-state index contributed by atoms with van der Waals surface area (Å²) in [6.07, 6.45) is 2.16. The molecule has 0 N–H and O–H groups in total. The Labute approximate surface area is 112 Å². The number of anilines is 1. The molecule has 1 aliphatic heterocycles.